The molecule has 0 radical (unpaired) electrons. The minimum atomic E-state index is -0.0271. The molecular weight excluding hydrogens is 448 g/mol. The lowest BCUT2D eigenvalue weighted by Gasteiger charge is -2.34. The first kappa shape index (κ1) is 28.2. The van der Waals surface area contributed by atoms with E-state index in [0.717, 1.165) is 39.0 Å². The normalized spacial score (nSPS) is 13.6. The average molecular weight is 495 g/mol. The Morgan fingerprint density at radius 3 is 2.00 bits per heavy atom. The third kappa shape index (κ3) is 6.89. The maximum absolute atomic E-state index is 13.2. The molecule has 0 fully saturated rings. The zero-order chi connectivity index (χ0) is 25.9. The molecule has 0 aliphatic carbocycles. The summed E-state index contributed by atoms with van der Waals surface area (Å²) in [6, 6.07) is 14.2. The van der Waals surface area contributed by atoms with Gasteiger partial charge in [0, 0.05) is 12.1 Å². The number of para-hydroxylation sites is 1. The van der Waals surface area contributed by atoms with Crippen LogP contribution in [0.2, 0.25) is 0 Å². The van der Waals surface area contributed by atoms with Gasteiger partial charge in [-0.25, -0.2) is 0 Å². The molecule has 0 N–H and O–H groups in total. The summed E-state index contributed by atoms with van der Waals surface area (Å²) in [4.78, 5) is 18.4. The smallest absolute Gasteiger partial charge is 0.204 e. The molecule has 0 aliphatic heterocycles. The van der Waals surface area contributed by atoms with Crippen LogP contribution in [-0.4, -0.2) is 54.7 Å². The van der Waals surface area contributed by atoms with Crippen molar-refractivity contribution >= 4 is 21.9 Å². The summed E-state index contributed by atoms with van der Waals surface area (Å²) >= 11 is 0. The molecule has 1 heterocycles. The molecule has 36 heavy (non-hydrogen) atoms. The predicted octanol–water partition coefficient (Wildman–Crippen LogP) is 7.11. The molecule has 0 bridgehead atoms. The van der Waals surface area contributed by atoms with Crippen molar-refractivity contribution < 1.29 is 9.15 Å². The van der Waals surface area contributed by atoms with Crippen LogP contribution in [-0.2, 0) is 0 Å². The van der Waals surface area contributed by atoms with Crippen molar-refractivity contribution in [2.75, 3.05) is 32.8 Å². The Hall–Kier alpha value is -2.37. The fraction of sp³-hybridized carbons (Fsp3) is 0.581. The summed E-state index contributed by atoms with van der Waals surface area (Å²) in [5.41, 5.74) is 1.16. The summed E-state index contributed by atoms with van der Waals surface area (Å²) in [6.45, 7) is 16.2. The van der Waals surface area contributed by atoms with Gasteiger partial charge in [0.05, 0.1) is 12.0 Å². The molecule has 3 aromatic rings. The van der Waals surface area contributed by atoms with Crippen molar-refractivity contribution in [1.82, 2.24) is 9.80 Å². The maximum Gasteiger partial charge on any atom is 0.204 e. The van der Waals surface area contributed by atoms with Crippen LogP contribution in [0.15, 0.2) is 51.7 Å². The van der Waals surface area contributed by atoms with Crippen molar-refractivity contribution in [2.24, 2.45) is 0 Å². The Labute approximate surface area is 217 Å². The van der Waals surface area contributed by atoms with E-state index in [1.807, 2.05) is 42.5 Å². The lowest BCUT2D eigenvalue weighted by molar-refractivity contribution is 0.139. The first-order valence-corrected chi connectivity index (χ1v) is 14.1. The Morgan fingerprint density at radius 2 is 1.36 bits per heavy atom. The van der Waals surface area contributed by atoms with Crippen LogP contribution in [0.4, 0.5) is 0 Å². The first-order chi connectivity index (χ1) is 17.6. The standard InChI is InChI=1S/C31H46N2O3/c1-6-11-15-24(32(7-2)8-3)20-21-25(33(9-4)10-5)22-23-35-28-18-14-19-29-30(28)31(34)26-16-12-13-17-27(26)36-29/h12-14,16-19,24-25H,6-11,15,20-23H2,1-5H3. The van der Waals surface area contributed by atoms with Gasteiger partial charge in [-0.2, -0.15) is 0 Å². The number of rotatable bonds is 16. The largest absolute Gasteiger partial charge is 0.493 e. The van der Waals surface area contributed by atoms with Crippen molar-refractivity contribution in [3.05, 3.63) is 52.7 Å². The second-order valence-electron chi connectivity index (χ2n) is 9.66. The van der Waals surface area contributed by atoms with Crippen LogP contribution in [0.5, 0.6) is 5.75 Å². The molecule has 0 amide bonds. The van der Waals surface area contributed by atoms with Crippen molar-refractivity contribution in [3.8, 4) is 5.75 Å². The zero-order valence-electron chi connectivity index (χ0n) is 23.1. The molecule has 5 heteroatoms. The van der Waals surface area contributed by atoms with E-state index in [1.54, 1.807) is 0 Å². The van der Waals surface area contributed by atoms with Gasteiger partial charge >= 0.3 is 0 Å². The molecule has 2 atom stereocenters. The van der Waals surface area contributed by atoms with E-state index in [2.05, 4.69) is 44.4 Å². The molecular formula is C31H46N2O3. The minimum absolute atomic E-state index is 0.0271. The summed E-state index contributed by atoms with van der Waals surface area (Å²) in [5, 5.41) is 1.13. The molecule has 2 aromatic carbocycles. The fourth-order valence-corrected chi connectivity index (χ4v) is 5.56. The quantitative estimate of drug-likeness (QED) is 0.199. The maximum atomic E-state index is 13.2. The van der Waals surface area contributed by atoms with E-state index in [1.165, 1.54) is 25.7 Å². The Kier molecular flexibility index (Phi) is 11.3. The molecule has 5 nitrogen and oxygen atoms in total. The fourth-order valence-electron chi connectivity index (χ4n) is 5.56. The number of hydrogen-bond acceptors (Lipinski definition) is 5. The zero-order valence-corrected chi connectivity index (χ0v) is 23.1. The Balaban J connectivity index is 1.74. The van der Waals surface area contributed by atoms with Crippen LogP contribution >= 0.6 is 0 Å². The second-order valence-corrected chi connectivity index (χ2v) is 9.66. The summed E-state index contributed by atoms with van der Waals surface area (Å²) in [5.74, 6) is 0.620. The second kappa shape index (κ2) is 14.4. The average Bonchev–Trinajstić information content (AvgIpc) is 2.90. The summed E-state index contributed by atoms with van der Waals surface area (Å²) in [7, 11) is 0. The molecule has 2 unspecified atom stereocenters. The molecule has 0 aliphatic rings. The highest BCUT2D eigenvalue weighted by Gasteiger charge is 2.21. The number of ether oxygens (including phenoxy) is 1. The van der Waals surface area contributed by atoms with Crippen LogP contribution in [0.3, 0.4) is 0 Å². The van der Waals surface area contributed by atoms with Crippen LogP contribution < -0.4 is 10.2 Å². The summed E-state index contributed by atoms with van der Waals surface area (Å²) in [6.07, 6.45) is 7.14. The highest BCUT2D eigenvalue weighted by Crippen LogP contribution is 2.27. The van der Waals surface area contributed by atoms with E-state index in [-0.39, 0.29) is 5.43 Å². The van der Waals surface area contributed by atoms with E-state index in [9.17, 15) is 4.79 Å². The number of hydrogen-bond donors (Lipinski definition) is 0. The molecule has 1 aromatic heterocycles. The van der Waals surface area contributed by atoms with E-state index < -0.39 is 0 Å². The van der Waals surface area contributed by atoms with E-state index in [0.29, 0.717) is 46.4 Å². The van der Waals surface area contributed by atoms with Crippen LogP contribution in [0.25, 0.3) is 21.9 Å². The third-order valence-corrected chi connectivity index (χ3v) is 7.66. The predicted molar refractivity (Wildman–Crippen MR) is 152 cm³/mol. The van der Waals surface area contributed by atoms with Crippen molar-refractivity contribution in [2.45, 2.75) is 85.2 Å². The lowest BCUT2D eigenvalue weighted by atomic mass is 9.97. The van der Waals surface area contributed by atoms with Gasteiger partial charge in [0.2, 0.25) is 5.43 Å². The first-order valence-electron chi connectivity index (χ1n) is 14.1. The van der Waals surface area contributed by atoms with Gasteiger partial charge in [-0.3, -0.25) is 4.79 Å². The SMILES string of the molecule is CCCCC(CCC(CCOc1cccc2oc3ccccc3c(=O)c12)N(CC)CC)N(CC)CC. The lowest BCUT2D eigenvalue weighted by Crippen LogP contribution is -2.40. The van der Waals surface area contributed by atoms with Crippen molar-refractivity contribution in [3.63, 3.8) is 0 Å². The van der Waals surface area contributed by atoms with E-state index >= 15 is 0 Å². The highest BCUT2D eigenvalue weighted by molar-refractivity contribution is 5.93. The molecule has 0 spiro atoms. The number of benzene rings is 2. The van der Waals surface area contributed by atoms with Gasteiger partial charge in [-0.1, -0.05) is 65.7 Å². The van der Waals surface area contributed by atoms with Gasteiger partial charge in [-0.05, 0) is 76.1 Å². The van der Waals surface area contributed by atoms with E-state index in [4.69, 9.17) is 9.15 Å². The topological polar surface area (TPSA) is 45.9 Å². The third-order valence-electron chi connectivity index (χ3n) is 7.66. The van der Waals surface area contributed by atoms with Gasteiger partial charge in [0.1, 0.15) is 22.3 Å². The minimum Gasteiger partial charge on any atom is -0.493 e. The molecule has 198 valence electrons. The summed E-state index contributed by atoms with van der Waals surface area (Å²) < 4.78 is 12.3. The van der Waals surface area contributed by atoms with Crippen LogP contribution in [0.1, 0.15) is 73.1 Å². The molecule has 0 saturated heterocycles. The van der Waals surface area contributed by atoms with Crippen LogP contribution in [0, 0.1) is 0 Å². The molecule has 3 rings (SSSR count). The molecule has 0 saturated carbocycles. The highest BCUT2D eigenvalue weighted by atomic mass is 16.5. The Morgan fingerprint density at radius 1 is 0.750 bits per heavy atom. The number of fused-ring (bicyclic) bond motifs is 2. The van der Waals surface area contributed by atoms with Gasteiger partial charge in [0.15, 0.2) is 0 Å². The van der Waals surface area contributed by atoms with Gasteiger partial charge in [-0.15, -0.1) is 0 Å². The monoisotopic (exact) mass is 494 g/mol. The van der Waals surface area contributed by atoms with Gasteiger partial charge in [0.25, 0.3) is 0 Å². The van der Waals surface area contributed by atoms with Crippen molar-refractivity contribution in [1.29, 1.82) is 0 Å². The van der Waals surface area contributed by atoms with Gasteiger partial charge < -0.3 is 19.0 Å². The Bertz CT molecular complexity index is 1120. The number of unbranched alkanes of at least 4 members (excludes halogenated alkanes) is 1. The number of nitrogens with zero attached hydrogens (tertiary/aromatic N) is 2.